The zero-order valence-corrected chi connectivity index (χ0v) is 9.26. The summed E-state index contributed by atoms with van der Waals surface area (Å²) in [5.74, 6) is 0.172. The van der Waals surface area contributed by atoms with Crippen LogP contribution in [-0.2, 0) is 4.79 Å². The Labute approximate surface area is 81.5 Å². The molecule has 0 saturated carbocycles. The molecule has 0 aromatic heterocycles. The molecule has 3 nitrogen and oxygen atoms in total. The maximum atomic E-state index is 11.4. The van der Waals surface area contributed by atoms with E-state index in [1.807, 2.05) is 20.9 Å². The van der Waals surface area contributed by atoms with Gasteiger partial charge in [0.1, 0.15) is 0 Å². The molecule has 0 heterocycles. The molecule has 0 aliphatic heterocycles. The minimum atomic E-state index is 0.172. The van der Waals surface area contributed by atoms with Gasteiger partial charge in [0.15, 0.2) is 0 Å². The van der Waals surface area contributed by atoms with Gasteiger partial charge in [-0.05, 0) is 26.8 Å². The molecule has 0 aliphatic rings. The highest BCUT2D eigenvalue weighted by atomic mass is 16.2. The Morgan fingerprint density at radius 2 is 2.08 bits per heavy atom. The summed E-state index contributed by atoms with van der Waals surface area (Å²) in [5.41, 5.74) is 0. The number of rotatable bonds is 6. The number of nitrogens with zero attached hydrogens (tertiary/aromatic N) is 1. The van der Waals surface area contributed by atoms with Crippen LogP contribution in [0.1, 0.15) is 33.6 Å². The third-order valence-electron chi connectivity index (χ3n) is 2.15. The average Bonchev–Trinajstić information content (AvgIpc) is 2.10. The Morgan fingerprint density at radius 1 is 1.46 bits per heavy atom. The number of carbonyl (C=O) groups excluding carboxylic acids is 1. The molecule has 0 atom stereocenters. The van der Waals surface area contributed by atoms with Crippen LogP contribution in [0.3, 0.4) is 0 Å². The summed E-state index contributed by atoms with van der Waals surface area (Å²) in [6.45, 7) is 7.58. The fraction of sp³-hybridized carbons (Fsp3) is 0.900. The van der Waals surface area contributed by atoms with Crippen LogP contribution in [-0.4, -0.2) is 37.0 Å². The minimum Gasteiger partial charge on any atom is -0.342 e. The molecule has 1 N–H and O–H groups in total. The van der Waals surface area contributed by atoms with Crippen molar-refractivity contribution in [3.63, 3.8) is 0 Å². The first-order valence-electron chi connectivity index (χ1n) is 5.06. The number of nitrogens with one attached hydrogen (secondary N) is 1. The molecule has 0 aliphatic carbocycles. The van der Waals surface area contributed by atoms with E-state index < -0.39 is 0 Å². The van der Waals surface area contributed by atoms with Crippen LogP contribution in [0.5, 0.6) is 0 Å². The van der Waals surface area contributed by atoms with E-state index in [9.17, 15) is 4.79 Å². The number of unbranched alkanes of at least 4 members (excludes halogenated alkanes) is 1. The molecule has 0 spiro atoms. The largest absolute Gasteiger partial charge is 0.342 e. The minimum absolute atomic E-state index is 0.172. The second-order valence-corrected chi connectivity index (χ2v) is 3.63. The SMILES string of the molecule is CCCCNCC(=O)N(C)C(C)C. The molecule has 1 amide bonds. The maximum Gasteiger partial charge on any atom is 0.236 e. The lowest BCUT2D eigenvalue weighted by Crippen LogP contribution is -2.39. The number of likely N-dealkylation sites (N-methyl/N-ethyl adjacent to an activating group) is 1. The van der Waals surface area contributed by atoms with Crippen molar-refractivity contribution in [2.75, 3.05) is 20.1 Å². The molecule has 0 radical (unpaired) electrons. The van der Waals surface area contributed by atoms with Crippen molar-refractivity contribution in [2.45, 2.75) is 39.7 Å². The lowest BCUT2D eigenvalue weighted by molar-refractivity contribution is -0.130. The van der Waals surface area contributed by atoms with Gasteiger partial charge in [-0.15, -0.1) is 0 Å². The summed E-state index contributed by atoms with van der Waals surface area (Å²) in [4.78, 5) is 13.2. The molecule has 0 aromatic carbocycles. The Hall–Kier alpha value is -0.570. The topological polar surface area (TPSA) is 32.3 Å². The van der Waals surface area contributed by atoms with Crippen LogP contribution in [0.25, 0.3) is 0 Å². The summed E-state index contributed by atoms with van der Waals surface area (Å²) in [7, 11) is 1.84. The van der Waals surface area contributed by atoms with Gasteiger partial charge in [-0.1, -0.05) is 13.3 Å². The lowest BCUT2D eigenvalue weighted by Gasteiger charge is -2.21. The van der Waals surface area contributed by atoms with Crippen molar-refractivity contribution in [1.29, 1.82) is 0 Å². The lowest BCUT2D eigenvalue weighted by atomic mass is 10.3. The van der Waals surface area contributed by atoms with E-state index in [0.29, 0.717) is 12.6 Å². The van der Waals surface area contributed by atoms with E-state index in [4.69, 9.17) is 0 Å². The molecule has 78 valence electrons. The molecular formula is C10H22N2O. The zero-order valence-electron chi connectivity index (χ0n) is 9.26. The summed E-state index contributed by atoms with van der Waals surface area (Å²) >= 11 is 0. The van der Waals surface area contributed by atoms with Crippen molar-refractivity contribution in [1.82, 2.24) is 10.2 Å². The second-order valence-electron chi connectivity index (χ2n) is 3.63. The van der Waals surface area contributed by atoms with Crippen molar-refractivity contribution in [3.05, 3.63) is 0 Å². The van der Waals surface area contributed by atoms with Gasteiger partial charge in [-0.3, -0.25) is 4.79 Å². The van der Waals surface area contributed by atoms with E-state index in [1.165, 1.54) is 6.42 Å². The molecule has 0 rings (SSSR count). The first-order chi connectivity index (χ1) is 6.09. The van der Waals surface area contributed by atoms with Crippen LogP contribution in [0.2, 0.25) is 0 Å². The Morgan fingerprint density at radius 3 is 2.54 bits per heavy atom. The van der Waals surface area contributed by atoms with Crippen molar-refractivity contribution in [3.8, 4) is 0 Å². The Kier molecular flexibility index (Phi) is 6.59. The standard InChI is InChI=1S/C10H22N2O/c1-5-6-7-11-8-10(13)12(4)9(2)3/h9,11H,5-8H2,1-4H3. The van der Waals surface area contributed by atoms with E-state index >= 15 is 0 Å². The van der Waals surface area contributed by atoms with E-state index in [0.717, 1.165) is 13.0 Å². The van der Waals surface area contributed by atoms with Gasteiger partial charge < -0.3 is 10.2 Å². The summed E-state index contributed by atoms with van der Waals surface area (Å²) < 4.78 is 0. The molecule has 0 saturated heterocycles. The van der Waals surface area contributed by atoms with Crippen molar-refractivity contribution in [2.24, 2.45) is 0 Å². The van der Waals surface area contributed by atoms with E-state index in [2.05, 4.69) is 12.2 Å². The smallest absolute Gasteiger partial charge is 0.236 e. The van der Waals surface area contributed by atoms with Gasteiger partial charge in [0.25, 0.3) is 0 Å². The van der Waals surface area contributed by atoms with Gasteiger partial charge in [0, 0.05) is 13.1 Å². The first-order valence-corrected chi connectivity index (χ1v) is 5.06. The normalized spacial score (nSPS) is 10.5. The summed E-state index contributed by atoms with van der Waals surface area (Å²) in [6.07, 6.45) is 2.31. The van der Waals surface area contributed by atoms with Crippen molar-refractivity contribution >= 4 is 5.91 Å². The second kappa shape index (κ2) is 6.89. The number of hydrogen-bond acceptors (Lipinski definition) is 2. The predicted octanol–water partition coefficient (Wildman–Crippen LogP) is 1.24. The fourth-order valence-electron chi connectivity index (χ4n) is 0.910. The Bertz CT molecular complexity index is 146. The van der Waals surface area contributed by atoms with Crippen LogP contribution in [0.4, 0.5) is 0 Å². The number of carbonyl (C=O) groups is 1. The van der Waals surface area contributed by atoms with Crippen LogP contribution >= 0.6 is 0 Å². The van der Waals surface area contributed by atoms with Crippen LogP contribution < -0.4 is 5.32 Å². The highest BCUT2D eigenvalue weighted by molar-refractivity contribution is 5.78. The summed E-state index contributed by atoms with van der Waals surface area (Å²) in [5, 5.41) is 3.13. The molecule has 0 aromatic rings. The molecule has 0 fully saturated rings. The van der Waals surface area contributed by atoms with Crippen molar-refractivity contribution < 1.29 is 4.79 Å². The third kappa shape index (κ3) is 5.64. The quantitative estimate of drug-likeness (QED) is 0.633. The predicted molar refractivity (Wildman–Crippen MR) is 55.7 cm³/mol. The molecule has 0 unspecified atom stereocenters. The number of hydrogen-bond donors (Lipinski definition) is 1. The highest BCUT2D eigenvalue weighted by Crippen LogP contribution is 1.93. The van der Waals surface area contributed by atoms with E-state index in [1.54, 1.807) is 4.90 Å². The molecule has 0 bridgehead atoms. The molecular weight excluding hydrogens is 164 g/mol. The zero-order chi connectivity index (χ0) is 10.3. The molecule has 3 heteroatoms. The Balaban J connectivity index is 3.50. The van der Waals surface area contributed by atoms with Gasteiger partial charge in [0.05, 0.1) is 6.54 Å². The highest BCUT2D eigenvalue weighted by Gasteiger charge is 2.10. The van der Waals surface area contributed by atoms with Gasteiger partial charge in [0.2, 0.25) is 5.91 Å². The van der Waals surface area contributed by atoms with Gasteiger partial charge in [-0.25, -0.2) is 0 Å². The maximum absolute atomic E-state index is 11.4. The number of amides is 1. The van der Waals surface area contributed by atoms with Crippen LogP contribution in [0.15, 0.2) is 0 Å². The summed E-state index contributed by atoms with van der Waals surface area (Å²) in [6, 6.07) is 0.292. The van der Waals surface area contributed by atoms with Crippen LogP contribution in [0, 0.1) is 0 Å². The average molecular weight is 186 g/mol. The fourth-order valence-corrected chi connectivity index (χ4v) is 0.910. The third-order valence-corrected chi connectivity index (χ3v) is 2.15. The van der Waals surface area contributed by atoms with Gasteiger partial charge >= 0.3 is 0 Å². The monoisotopic (exact) mass is 186 g/mol. The van der Waals surface area contributed by atoms with E-state index in [-0.39, 0.29) is 5.91 Å². The van der Waals surface area contributed by atoms with Gasteiger partial charge in [-0.2, -0.15) is 0 Å². The first kappa shape index (κ1) is 12.4. The molecule has 13 heavy (non-hydrogen) atoms.